The molecule has 1 fully saturated rings. The molecule has 4 heteroatoms. The lowest BCUT2D eigenvalue weighted by atomic mass is 9.80. The van der Waals surface area contributed by atoms with Gasteiger partial charge in [0.05, 0.1) is 5.70 Å². The van der Waals surface area contributed by atoms with Gasteiger partial charge in [-0.05, 0) is 44.7 Å². The van der Waals surface area contributed by atoms with E-state index in [-0.39, 0.29) is 0 Å². The van der Waals surface area contributed by atoms with Crippen molar-refractivity contribution in [3.05, 3.63) is 23.7 Å². The van der Waals surface area contributed by atoms with Crippen LogP contribution < -0.4 is 10.6 Å². The van der Waals surface area contributed by atoms with E-state index < -0.39 is 0 Å². The minimum Gasteiger partial charge on any atom is -0.390 e. The Hall–Kier alpha value is -1.58. The number of aliphatic imine (C=N–C) groups is 1. The second kappa shape index (κ2) is 7.77. The van der Waals surface area contributed by atoms with Crippen LogP contribution in [0.1, 0.15) is 32.6 Å². The normalized spacial score (nSPS) is 24.1. The van der Waals surface area contributed by atoms with Crippen molar-refractivity contribution in [2.24, 2.45) is 16.8 Å². The van der Waals surface area contributed by atoms with E-state index in [1.165, 1.54) is 12.8 Å². The number of carbonyl (C=O) groups is 1. The van der Waals surface area contributed by atoms with E-state index >= 15 is 0 Å². The van der Waals surface area contributed by atoms with Gasteiger partial charge in [-0.1, -0.05) is 13.0 Å². The van der Waals surface area contributed by atoms with Gasteiger partial charge in [-0.15, -0.1) is 0 Å². The summed E-state index contributed by atoms with van der Waals surface area (Å²) >= 11 is 0. The zero-order chi connectivity index (χ0) is 14.3. The summed E-state index contributed by atoms with van der Waals surface area (Å²) in [6.45, 7) is 10.4. The number of hydrogen-bond acceptors (Lipinski definition) is 4. The molecule has 1 saturated carbocycles. The van der Waals surface area contributed by atoms with E-state index in [0.29, 0.717) is 17.5 Å². The number of rotatable bonds is 7. The first-order valence-corrected chi connectivity index (χ1v) is 6.84. The highest BCUT2D eigenvalue weighted by atomic mass is 16.1. The molecule has 0 bridgehead atoms. The summed E-state index contributed by atoms with van der Waals surface area (Å²) in [6, 6.07) is 0. The molecule has 0 radical (unpaired) electrons. The largest absolute Gasteiger partial charge is 0.390 e. The van der Waals surface area contributed by atoms with Crippen molar-refractivity contribution < 1.29 is 4.79 Å². The number of nitrogens with zero attached hydrogens (tertiary/aromatic N) is 1. The molecule has 2 atom stereocenters. The van der Waals surface area contributed by atoms with Crippen LogP contribution in [0.3, 0.4) is 0 Å². The fourth-order valence-corrected chi connectivity index (χ4v) is 2.58. The van der Waals surface area contributed by atoms with E-state index in [0.717, 1.165) is 37.1 Å². The predicted octanol–water partition coefficient (Wildman–Crippen LogP) is 2.25. The van der Waals surface area contributed by atoms with E-state index in [9.17, 15) is 4.79 Å². The average molecular weight is 263 g/mol. The smallest absolute Gasteiger partial charge is 0.168 e. The molecule has 0 spiro atoms. The van der Waals surface area contributed by atoms with Gasteiger partial charge in [-0.25, -0.2) is 0 Å². The van der Waals surface area contributed by atoms with Gasteiger partial charge in [-0.3, -0.25) is 4.79 Å². The highest BCUT2D eigenvalue weighted by Crippen LogP contribution is 2.32. The number of aldehydes is 1. The number of allylic oxidation sites excluding steroid dienone is 3. The summed E-state index contributed by atoms with van der Waals surface area (Å²) in [5.74, 6) is 1.02. The van der Waals surface area contributed by atoms with Gasteiger partial charge in [-0.2, -0.15) is 0 Å². The third kappa shape index (κ3) is 4.54. The number of nitrogens with one attached hydrogen (secondary N) is 2. The Labute approximate surface area is 116 Å². The van der Waals surface area contributed by atoms with Gasteiger partial charge in [0, 0.05) is 25.0 Å². The van der Waals surface area contributed by atoms with E-state index in [1.807, 2.05) is 6.92 Å². The first-order chi connectivity index (χ1) is 9.12. The fourth-order valence-electron chi connectivity index (χ4n) is 2.58. The molecule has 2 N–H and O–H groups in total. The third-order valence-corrected chi connectivity index (χ3v) is 3.85. The van der Waals surface area contributed by atoms with Crippen LogP contribution in [0.15, 0.2) is 28.7 Å². The zero-order valence-electron chi connectivity index (χ0n) is 12.0. The minimum absolute atomic E-state index is 0.417. The van der Waals surface area contributed by atoms with Crippen LogP contribution in [0.2, 0.25) is 0 Å². The topological polar surface area (TPSA) is 53.5 Å². The third-order valence-electron chi connectivity index (χ3n) is 3.85. The Morgan fingerprint density at radius 3 is 2.79 bits per heavy atom. The lowest BCUT2D eigenvalue weighted by molar-refractivity contribution is -0.105. The summed E-state index contributed by atoms with van der Waals surface area (Å²) in [4.78, 5) is 15.1. The predicted molar refractivity (Wildman–Crippen MR) is 80.0 cm³/mol. The molecule has 0 amide bonds. The second-order valence-corrected chi connectivity index (χ2v) is 5.19. The highest BCUT2D eigenvalue weighted by molar-refractivity contribution is 5.73. The van der Waals surface area contributed by atoms with Gasteiger partial charge < -0.3 is 15.6 Å². The maximum atomic E-state index is 11.1. The Kier molecular flexibility index (Phi) is 6.33. The van der Waals surface area contributed by atoms with Crippen LogP contribution in [0.5, 0.6) is 0 Å². The molecule has 1 aliphatic carbocycles. The molecule has 1 aliphatic rings. The Morgan fingerprint density at radius 2 is 2.21 bits per heavy atom. The van der Waals surface area contributed by atoms with E-state index in [4.69, 9.17) is 0 Å². The first-order valence-electron chi connectivity index (χ1n) is 6.84. The zero-order valence-corrected chi connectivity index (χ0v) is 12.0. The summed E-state index contributed by atoms with van der Waals surface area (Å²) in [5, 5.41) is 6.13. The first kappa shape index (κ1) is 15.5. The monoisotopic (exact) mass is 263 g/mol. The Morgan fingerprint density at radius 1 is 1.47 bits per heavy atom. The summed E-state index contributed by atoms with van der Waals surface area (Å²) in [6.07, 6.45) is 5.45. The molecule has 19 heavy (non-hydrogen) atoms. The molecule has 0 aromatic rings. The standard InChI is InChI=1S/C15H25N3O/c1-11(18-15(10-19)12(2)17-4)14-7-5-6-13(8-14)9-16-3/h10,13-14,17-18H,1,3,5-9H2,2,4H3/b15-12+. The molecule has 4 nitrogen and oxygen atoms in total. The van der Waals surface area contributed by atoms with Crippen LogP contribution in [-0.4, -0.2) is 26.6 Å². The second-order valence-electron chi connectivity index (χ2n) is 5.19. The van der Waals surface area contributed by atoms with Crippen LogP contribution in [0, 0.1) is 11.8 Å². The van der Waals surface area contributed by atoms with Gasteiger partial charge in [0.25, 0.3) is 0 Å². The van der Waals surface area contributed by atoms with Crippen molar-refractivity contribution in [1.82, 2.24) is 10.6 Å². The maximum Gasteiger partial charge on any atom is 0.168 e. The minimum atomic E-state index is 0.417. The average Bonchev–Trinajstić information content (AvgIpc) is 2.44. The molecule has 0 aromatic heterocycles. The van der Waals surface area contributed by atoms with Gasteiger partial charge in [0.15, 0.2) is 6.29 Å². The SMILES string of the molecule is C=NCC1CCCC(C(=C)N/C(C=O)=C(\C)NC)C1. The lowest BCUT2D eigenvalue weighted by Crippen LogP contribution is -2.27. The molecule has 0 heterocycles. The van der Waals surface area contributed by atoms with Crippen LogP contribution in [0.4, 0.5) is 0 Å². The highest BCUT2D eigenvalue weighted by Gasteiger charge is 2.24. The van der Waals surface area contributed by atoms with Crippen LogP contribution in [0.25, 0.3) is 0 Å². The Balaban J connectivity index is 2.62. The summed E-state index contributed by atoms with van der Waals surface area (Å²) in [5.41, 5.74) is 2.33. The van der Waals surface area contributed by atoms with Crippen molar-refractivity contribution >= 4 is 13.0 Å². The van der Waals surface area contributed by atoms with Crippen molar-refractivity contribution in [2.45, 2.75) is 32.6 Å². The molecule has 2 unspecified atom stereocenters. The summed E-state index contributed by atoms with van der Waals surface area (Å²) < 4.78 is 0. The van der Waals surface area contributed by atoms with Crippen molar-refractivity contribution in [1.29, 1.82) is 0 Å². The van der Waals surface area contributed by atoms with Gasteiger partial charge >= 0.3 is 0 Å². The number of hydrogen-bond donors (Lipinski definition) is 2. The van der Waals surface area contributed by atoms with Crippen molar-refractivity contribution in [3.63, 3.8) is 0 Å². The Bertz CT molecular complexity index is 374. The van der Waals surface area contributed by atoms with E-state index in [1.54, 1.807) is 7.05 Å². The molecule has 0 aliphatic heterocycles. The molecule has 0 aromatic carbocycles. The molecule has 1 rings (SSSR count). The van der Waals surface area contributed by atoms with Crippen LogP contribution in [-0.2, 0) is 4.79 Å². The lowest BCUT2D eigenvalue weighted by Gasteiger charge is -2.30. The molecule has 0 saturated heterocycles. The summed E-state index contributed by atoms with van der Waals surface area (Å²) in [7, 11) is 1.80. The van der Waals surface area contributed by atoms with Crippen molar-refractivity contribution in [2.75, 3.05) is 13.6 Å². The molecular weight excluding hydrogens is 238 g/mol. The quantitative estimate of drug-likeness (QED) is 0.421. The van der Waals surface area contributed by atoms with Crippen LogP contribution >= 0.6 is 0 Å². The number of carbonyl (C=O) groups excluding carboxylic acids is 1. The molecular formula is C15H25N3O. The molecule has 106 valence electrons. The van der Waals surface area contributed by atoms with Crippen molar-refractivity contribution in [3.8, 4) is 0 Å². The fraction of sp³-hybridized carbons (Fsp3) is 0.600. The maximum absolute atomic E-state index is 11.1. The van der Waals surface area contributed by atoms with Gasteiger partial charge in [0.2, 0.25) is 0 Å². The van der Waals surface area contributed by atoms with Gasteiger partial charge in [0.1, 0.15) is 0 Å². The van der Waals surface area contributed by atoms with E-state index in [2.05, 4.69) is 28.9 Å².